The minimum Gasteiger partial charge on any atom is -0.396 e. The third-order valence-electron chi connectivity index (χ3n) is 2.20. The average molecular weight is 205 g/mol. The van der Waals surface area contributed by atoms with Gasteiger partial charge in [0, 0.05) is 25.9 Å². The summed E-state index contributed by atoms with van der Waals surface area (Å²) in [4.78, 5) is 6.05. The lowest BCUT2D eigenvalue weighted by atomic mass is 10.2. The Balaban J connectivity index is 2.86. The highest BCUT2D eigenvalue weighted by Crippen LogP contribution is 2.17. The van der Waals surface area contributed by atoms with Crippen LogP contribution in [-0.4, -0.2) is 29.8 Å². The molecule has 0 amide bonds. The summed E-state index contributed by atoms with van der Waals surface area (Å²) >= 11 is 0. The lowest BCUT2D eigenvalue weighted by molar-refractivity contribution is 0.289. The van der Waals surface area contributed by atoms with Gasteiger partial charge in [-0.2, -0.15) is 5.26 Å². The van der Waals surface area contributed by atoms with Gasteiger partial charge in [-0.3, -0.25) is 0 Å². The molecule has 1 aromatic rings. The molecule has 15 heavy (non-hydrogen) atoms. The lowest BCUT2D eigenvalue weighted by Gasteiger charge is -2.22. The van der Waals surface area contributed by atoms with Gasteiger partial charge in [0.2, 0.25) is 0 Å². The molecular formula is C11H15N3O. The number of nitriles is 1. The second kappa shape index (κ2) is 5.99. The number of anilines is 1. The van der Waals surface area contributed by atoms with E-state index in [1.165, 1.54) is 0 Å². The molecule has 0 saturated carbocycles. The standard InChI is InChI=1S/C11H15N3O/c1-2-14(7-4-8-15)11-5-3-6-13-10(11)9-12/h3,5-6,15H,2,4,7-8H2,1H3. The van der Waals surface area contributed by atoms with Crippen molar-refractivity contribution in [3.05, 3.63) is 24.0 Å². The first-order valence-electron chi connectivity index (χ1n) is 5.04. The van der Waals surface area contributed by atoms with Crippen molar-refractivity contribution in [3.63, 3.8) is 0 Å². The van der Waals surface area contributed by atoms with Crippen LogP contribution >= 0.6 is 0 Å². The van der Waals surface area contributed by atoms with Crippen molar-refractivity contribution in [1.82, 2.24) is 4.98 Å². The Labute approximate surface area is 89.8 Å². The van der Waals surface area contributed by atoms with Gasteiger partial charge in [-0.1, -0.05) is 0 Å². The van der Waals surface area contributed by atoms with Gasteiger partial charge in [0.15, 0.2) is 5.69 Å². The Morgan fingerprint density at radius 3 is 3.00 bits per heavy atom. The zero-order chi connectivity index (χ0) is 11.1. The van der Waals surface area contributed by atoms with Crippen molar-refractivity contribution in [2.24, 2.45) is 0 Å². The van der Waals surface area contributed by atoms with Crippen molar-refractivity contribution >= 4 is 5.69 Å². The molecule has 0 aliphatic heterocycles. The first kappa shape index (κ1) is 11.5. The molecule has 0 saturated heterocycles. The third kappa shape index (κ3) is 2.93. The van der Waals surface area contributed by atoms with Crippen LogP contribution in [0.3, 0.4) is 0 Å². The zero-order valence-corrected chi connectivity index (χ0v) is 8.85. The first-order chi connectivity index (χ1) is 7.33. The lowest BCUT2D eigenvalue weighted by Crippen LogP contribution is -2.25. The van der Waals surface area contributed by atoms with E-state index in [1.807, 2.05) is 24.0 Å². The molecule has 0 aliphatic carbocycles. The van der Waals surface area contributed by atoms with Crippen molar-refractivity contribution < 1.29 is 5.11 Å². The highest BCUT2D eigenvalue weighted by Gasteiger charge is 2.09. The Morgan fingerprint density at radius 1 is 1.60 bits per heavy atom. The van der Waals surface area contributed by atoms with E-state index in [9.17, 15) is 0 Å². The maximum atomic E-state index is 8.90. The number of aliphatic hydroxyl groups is 1. The molecule has 1 rings (SSSR count). The van der Waals surface area contributed by atoms with Crippen LogP contribution in [0.5, 0.6) is 0 Å². The second-order valence-electron chi connectivity index (χ2n) is 3.14. The van der Waals surface area contributed by atoms with Crippen LogP contribution in [0.15, 0.2) is 18.3 Å². The largest absolute Gasteiger partial charge is 0.396 e. The summed E-state index contributed by atoms with van der Waals surface area (Å²) in [7, 11) is 0. The monoisotopic (exact) mass is 205 g/mol. The number of nitrogens with zero attached hydrogens (tertiary/aromatic N) is 3. The number of hydrogen-bond donors (Lipinski definition) is 1. The third-order valence-corrected chi connectivity index (χ3v) is 2.20. The van der Waals surface area contributed by atoms with Gasteiger partial charge in [0.25, 0.3) is 0 Å². The minimum absolute atomic E-state index is 0.165. The minimum atomic E-state index is 0.165. The molecule has 0 unspecified atom stereocenters. The van der Waals surface area contributed by atoms with E-state index >= 15 is 0 Å². The van der Waals surface area contributed by atoms with Gasteiger partial charge in [0.05, 0.1) is 5.69 Å². The normalized spacial score (nSPS) is 9.67. The summed E-state index contributed by atoms with van der Waals surface area (Å²) in [6.45, 7) is 3.73. The second-order valence-corrected chi connectivity index (χ2v) is 3.14. The molecule has 0 spiro atoms. The molecule has 0 radical (unpaired) electrons. The van der Waals surface area contributed by atoms with Gasteiger partial charge >= 0.3 is 0 Å². The zero-order valence-electron chi connectivity index (χ0n) is 8.85. The molecule has 0 fully saturated rings. The molecule has 4 nitrogen and oxygen atoms in total. The summed E-state index contributed by atoms with van der Waals surface area (Å²) in [6.07, 6.45) is 2.32. The fraction of sp³-hybridized carbons (Fsp3) is 0.455. The number of rotatable bonds is 5. The number of pyridine rings is 1. The van der Waals surface area contributed by atoms with Gasteiger partial charge in [0.1, 0.15) is 6.07 Å². The summed E-state index contributed by atoms with van der Waals surface area (Å²) in [5.41, 5.74) is 1.29. The summed E-state index contributed by atoms with van der Waals surface area (Å²) in [5.74, 6) is 0. The predicted molar refractivity (Wildman–Crippen MR) is 58.5 cm³/mol. The first-order valence-corrected chi connectivity index (χ1v) is 5.04. The fourth-order valence-electron chi connectivity index (χ4n) is 1.45. The Hall–Kier alpha value is -1.60. The molecule has 0 aliphatic rings. The average Bonchev–Trinajstić information content (AvgIpc) is 2.30. The molecule has 1 heterocycles. The Morgan fingerprint density at radius 2 is 2.40 bits per heavy atom. The molecule has 1 N–H and O–H groups in total. The molecule has 0 atom stereocenters. The molecular weight excluding hydrogens is 190 g/mol. The van der Waals surface area contributed by atoms with Crippen molar-refractivity contribution in [2.75, 3.05) is 24.6 Å². The topological polar surface area (TPSA) is 60.1 Å². The molecule has 0 aromatic carbocycles. The highest BCUT2D eigenvalue weighted by molar-refractivity contribution is 5.55. The van der Waals surface area contributed by atoms with Crippen LogP contribution in [-0.2, 0) is 0 Å². The molecule has 80 valence electrons. The van der Waals surface area contributed by atoms with Crippen LogP contribution in [0.4, 0.5) is 5.69 Å². The van der Waals surface area contributed by atoms with E-state index in [0.29, 0.717) is 12.1 Å². The Kier molecular flexibility index (Phi) is 4.58. The number of aromatic nitrogens is 1. The van der Waals surface area contributed by atoms with E-state index in [-0.39, 0.29) is 6.61 Å². The number of aliphatic hydroxyl groups excluding tert-OH is 1. The summed E-state index contributed by atoms with van der Waals surface area (Å²) in [6, 6.07) is 5.77. The van der Waals surface area contributed by atoms with Gasteiger partial charge in [-0.15, -0.1) is 0 Å². The van der Waals surface area contributed by atoms with Crippen molar-refractivity contribution in [3.8, 4) is 6.07 Å². The van der Waals surface area contributed by atoms with E-state index in [4.69, 9.17) is 10.4 Å². The maximum absolute atomic E-state index is 8.90. The van der Waals surface area contributed by atoms with Crippen LogP contribution in [0.2, 0.25) is 0 Å². The SMILES string of the molecule is CCN(CCCO)c1cccnc1C#N. The van der Waals surface area contributed by atoms with Gasteiger partial charge in [-0.25, -0.2) is 4.98 Å². The predicted octanol–water partition coefficient (Wildman–Crippen LogP) is 1.16. The van der Waals surface area contributed by atoms with Crippen LogP contribution in [0, 0.1) is 11.3 Å². The van der Waals surface area contributed by atoms with Crippen LogP contribution < -0.4 is 4.90 Å². The molecule has 1 aromatic heterocycles. The van der Waals surface area contributed by atoms with Crippen LogP contribution in [0.1, 0.15) is 19.0 Å². The van der Waals surface area contributed by atoms with Gasteiger partial charge < -0.3 is 10.0 Å². The molecule has 4 heteroatoms. The summed E-state index contributed by atoms with van der Waals surface area (Å²) in [5, 5.41) is 17.7. The van der Waals surface area contributed by atoms with Crippen molar-refractivity contribution in [1.29, 1.82) is 5.26 Å². The van der Waals surface area contributed by atoms with Gasteiger partial charge in [-0.05, 0) is 25.5 Å². The van der Waals surface area contributed by atoms with E-state index in [1.54, 1.807) is 6.20 Å². The van der Waals surface area contributed by atoms with Crippen LogP contribution in [0.25, 0.3) is 0 Å². The fourth-order valence-corrected chi connectivity index (χ4v) is 1.45. The number of hydrogen-bond acceptors (Lipinski definition) is 4. The summed E-state index contributed by atoms with van der Waals surface area (Å²) < 4.78 is 0. The maximum Gasteiger partial charge on any atom is 0.163 e. The van der Waals surface area contributed by atoms with E-state index < -0.39 is 0 Å². The Bertz CT molecular complexity index is 346. The quantitative estimate of drug-likeness (QED) is 0.783. The van der Waals surface area contributed by atoms with Crippen molar-refractivity contribution in [2.45, 2.75) is 13.3 Å². The molecule has 0 bridgehead atoms. The highest BCUT2D eigenvalue weighted by atomic mass is 16.3. The van der Waals surface area contributed by atoms with E-state index in [0.717, 1.165) is 18.8 Å². The smallest absolute Gasteiger partial charge is 0.163 e. The van der Waals surface area contributed by atoms with E-state index in [2.05, 4.69) is 11.1 Å².